The number of ether oxygens (including phenoxy) is 1. The van der Waals surface area contributed by atoms with Gasteiger partial charge in [-0.1, -0.05) is 12.1 Å². The number of rotatable bonds is 5. The maximum absolute atomic E-state index is 13.0. The van der Waals surface area contributed by atoms with Gasteiger partial charge in [0.25, 0.3) is 5.91 Å². The summed E-state index contributed by atoms with van der Waals surface area (Å²) in [5.41, 5.74) is -0.614. The number of halogens is 1. The summed E-state index contributed by atoms with van der Waals surface area (Å²) in [6.45, 7) is 5.86. The zero-order valence-electron chi connectivity index (χ0n) is 12.4. The Kier molecular flexibility index (Phi) is 4.27. The average Bonchev–Trinajstić information content (AvgIpc) is 2.63. The molecule has 0 bridgehead atoms. The molecule has 0 saturated carbocycles. The Balaban J connectivity index is 2.14. The molecule has 1 N–H and O–H groups in total. The van der Waals surface area contributed by atoms with Crippen molar-refractivity contribution in [1.29, 1.82) is 0 Å². The summed E-state index contributed by atoms with van der Waals surface area (Å²) in [7, 11) is 0. The van der Waals surface area contributed by atoms with Crippen LogP contribution >= 0.6 is 0 Å². The molecule has 114 valence electrons. The van der Waals surface area contributed by atoms with Crippen molar-refractivity contribution in [3.63, 3.8) is 0 Å². The third-order valence-electron chi connectivity index (χ3n) is 3.46. The zero-order valence-corrected chi connectivity index (χ0v) is 12.4. The second kappa shape index (κ2) is 5.81. The standard InChI is InChI=1S/C15H19FN2O3/c1-10(2)21-9-8-18-13(19)15(3,17-14(18)20)11-4-6-12(16)7-5-11/h4-7,10H,8-9H2,1-3H3,(H,17,20)/t15-/m0/s1. The van der Waals surface area contributed by atoms with Crippen molar-refractivity contribution in [3.05, 3.63) is 35.6 Å². The second-order valence-corrected chi connectivity index (χ2v) is 5.44. The SMILES string of the molecule is CC(C)OCCN1C(=O)N[C@@](C)(c2ccc(F)cc2)C1=O. The fraction of sp³-hybridized carbons (Fsp3) is 0.467. The van der Waals surface area contributed by atoms with Gasteiger partial charge in [0.1, 0.15) is 11.4 Å². The fourth-order valence-corrected chi connectivity index (χ4v) is 2.26. The van der Waals surface area contributed by atoms with Crippen LogP contribution < -0.4 is 5.32 Å². The number of hydrogen-bond donors (Lipinski definition) is 1. The minimum atomic E-state index is -1.16. The Labute approximate surface area is 123 Å². The fourth-order valence-electron chi connectivity index (χ4n) is 2.26. The van der Waals surface area contributed by atoms with Gasteiger partial charge in [0.15, 0.2) is 0 Å². The summed E-state index contributed by atoms with van der Waals surface area (Å²) >= 11 is 0. The van der Waals surface area contributed by atoms with Gasteiger partial charge in [-0.3, -0.25) is 9.69 Å². The summed E-state index contributed by atoms with van der Waals surface area (Å²) in [6.07, 6.45) is 0.0363. The van der Waals surface area contributed by atoms with Gasteiger partial charge in [-0.25, -0.2) is 9.18 Å². The highest BCUT2D eigenvalue weighted by Crippen LogP contribution is 2.28. The molecule has 1 fully saturated rings. The number of hydrogen-bond acceptors (Lipinski definition) is 3. The summed E-state index contributed by atoms with van der Waals surface area (Å²) in [6, 6.07) is 5.08. The van der Waals surface area contributed by atoms with Crippen molar-refractivity contribution in [2.45, 2.75) is 32.4 Å². The normalized spacial score (nSPS) is 22.0. The van der Waals surface area contributed by atoms with E-state index in [1.54, 1.807) is 6.92 Å². The molecule has 0 spiro atoms. The third kappa shape index (κ3) is 3.05. The van der Waals surface area contributed by atoms with Crippen LogP contribution in [0, 0.1) is 5.82 Å². The lowest BCUT2D eigenvalue weighted by atomic mass is 9.92. The maximum atomic E-state index is 13.0. The molecule has 0 aromatic heterocycles. The number of nitrogens with one attached hydrogen (secondary N) is 1. The number of amides is 3. The van der Waals surface area contributed by atoms with Gasteiger partial charge in [0, 0.05) is 0 Å². The van der Waals surface area contributed by atoms with Crippen molar-refractivity contribution in [2.75, 3.05) is 13.2 Å². The molecule has 1 aromatic carbocycles. The van der Waals surface area contributed by atoms with Crippen LogP contribution in [0.3, 0.4) is 0 Å². The first-order chi connectivity index (χ1) is 9.84. The van der Waals surface area contributed by atoms with Gasteiger partial charge in [-0.2, -0.15) is 0 Å². The number of carbonyl (C=O) groups excluding carboxylic acids is 2. The van der Waals surface area contributed by atoms with Crippen LogP contribution in [0.25, 0.3) is 0 Å². The molecule has 1 atom stereocenters. The highest BCUT2D eigenvalue weighted by molar-refractivity contribution is 6.07. The molecule has 1 aliphatic heterocycles. The van der Waals surface area contributed by atoms with Crippen molar-refractivity contribution in [1.82, 2.24) is 10.2 Å². The lowest BCUT2D eigenvalue weighted by Crippen LogP contribution is -2.41. The Morgan fingerprint density at radius 3 is 2.48 bits per heavy atom. The topological polar surface area (TPSA) is 58.6 Å². The van der Waals surface area contributed by atoms with E-state index in [9.17, 15) is 14.0 Å². The number of carbonyl (C=O) groups is 2. The van der Waals surface area contributed by atoms with Gasteiger partial charge < -0.3 is 10.1 Å². The molecule has 1 aliphatic rings. The van der Waals surface area contributed by atoms with Gasteiger partial charge in [0.05, 0.1) is 19.3 Å². The van der Waals surface area contributed by atoms with Crippen LogP contribution in [0.5, 0.6) is 0 Å². The first kappa shape index (κ1) is 15.4. The maximum Gasteiger partial charge on any atom is 0.325 e. The molecular weight excluding hydrogens is 275 g/mol. The summed E-state index contributed by atoms with van der Waals surface area (Å²) < 4.78 is 18.4. The van der Waals surface area contributed by atoms with Gasteiger partial charge in [-0.15, -0.1) is 0 Å². The third-order valence-corrected chi connectivity index (χ3v) is 3.46. The largest absolute Gasteiger partial charge is 0.377 e. The molecule has 21 heavy (non-hydrogen) atoms. The van der Waals surface area contributed by atoms with Gasteiger partial charge in [-0.05, 0) is 38.5 Å². The van der Waals surface area contributed by atoms with E-state index in [2.05, 4.69) is 5.32 Å². The van der Waals surface area contributed by atoms with Crippen molar-refractivity contribution < 1.29 is 18.7 Å². The minimum absolute atomic E-state index is 0.0363. The van der Waals surface area contributed by atoms with Crippen LogP contribution in [0.1, 0.15) is 26.3 Å². The van der Waals surface area contributed by atoms with Crippen LogP contribution in [0.15, 0.2) is 24.3 Å². The van der Waals surface area contributed by atoms with E-state index in [1.165, 1.54) is 24.3 Å². The average molecular weight is 294 g/mol. The molecule has 1 saturated heterocycles. The monoisotopic (exact) mass is 294 g/mol. The summed E-state index contributed by atoms with van der Waals surface area (Å²) in [5, 5.41) is 2.66. The first-order valence-corrected chi connectivity index (χ1v) is 6.86. The lowest BCUT2D eigenvalue weighted by Gasteiger charge is -2.22. The Morgan fingerprint density at radius 2 is 1.90 bits per heavy atom. The predicted octanol–water partition coefficient (Wildman–Crippen LogP) is 2.02. The number of urea groups is 1. The van der Waals surface area contributed by atoms with Crippen LogP contribution in [0.2, 0.25) is 0 Å². The van der Waals surface area contributed by atoms with E-state index in [-0.39, 0.29) is 31.0 Å². The van der Waals surface area contributed by atoms with Crippen molar-refractivity contribution >= 4 is 11.9 Å². The number of imide groups is 1. The van der Waals surface area contributed by atoms with E-state index in [4.69, 9.17) is 4.74 Å². The number of nitrogens with zero attached hydrogens (tertiary/aromatic N) is 1. The lowest BCUT2D eigenvalue weighted by molar-refractivity contribution is -0.131. The van der Waals surface area contributed by atoms with Crippen molar-refractivity contribution in [2.24, 2.45) is 0 Å². The molecule has 5 nitrogen and oxygen atoms in total. The van der Waals surface area contributed by atoms with E-state index in [0.29, 0.717) is 5.56 Å². The number of benzene rings is 1. The Hall–Kier alpha value is -1.95. The van der Waals surface area contributed by atoms with E-state index in [1.807, 2.05) is 13.8 Å². The summed E-state index contributed by atoms with van der Waals surface area (Å²) in [5.74, 6) is -0.743. The Morgan fingerprint density at radius 1 is 1.29 bits per heavy atom. The molecule has 0 aliphatic carbocycles. The molecular formula is C15H19FN2O3. The quantitative estimate of drug-likeness (QED) is 0.845. The van der Waals surface area contributed by atoms with Gasteiger partial charge in [0.2, 0.25) is 0 Å². The van der Waals surface area contributed by atoms with Gasteiger partial charge >= 0.3 is 6.03 Å². The zero-order chi connectivity index (χ0) is 15.6. The first-order valence-electron chi connectivity index (χ1n) is 6.86. The van der Waals surface area contributed by atoms with E-state index in [0.717, 1.165) is 4.90 Å². The highest BCUT2D eigenvalue weighted by Gasteiger charge is 2.48. The molecule has 1 aromatic rings. The molecule has 6 heteroatoms. The van der Waals surface area contributed by atoms with Crippen LogP contribution in [0.4, 0.5) is 9.18 Å². The molecule has 0 unspecified atom stereocenters. The molecule has 2 rings (SSSR count). The van der Waals surface area contributed by atoms with E-state index < -0.39 is 11.6 Å². The second-order valence-electron chi connectivity index (χ2n) is 5.44. The summed E-state index contributed by atoms with van der Waals surface area (Å²) in [4.78, 5) is 25.6. The van der Waals surface area contributed by atoms with Crippen molar-refractivity contribution in [3.8, 4) is 0 Å². The molecule has 3 amide bonds. The van der Waals surface area contributed by atoms with Crippen LogP contribution in [-0.2, 0) is 15.1 Å². The molecule has 1 heterocycles. The smallest absolute Gasteiger partial charge is 0.325 e. The Bertz CT molecular complexity index is 544. The molecule has 0 radical (unpaired) electrons. The highest BCUT2D eigenvalue weighted by atomic mass is 19.1. The minimum Gasteiger partial charge on any atom is -0.377 e. The van der Waals surface area contributed by atoms with E-state index >= 15 is 0 Å². The predicted molar refractivity (Wildman–Crippen MR) is 75.1 cm³/mol. The van der Waals surface area contributed by atoms with Crippen LogP contribution in [-0.4, -0.2) is 36.1 Å².